The molecule has 25 heavy (non-hydrogen) atoms. The molecule has 140 valence electrons. The minimum absolute atomic E-state index is 0.0374. The number of hydrogen-bond acceptors (Lipinski definition) is 4. The first-order chi connectivity index (χ1) is 11.8. The molecule has 1 saturated heterocycles. The van der Waals surface area contributed by atoms with E-state index in [0.29, 0.717) is 19.4 Å². The van der Waals surface area contributed by atoms with Crippen LogP contribution in [0.2, 0.25) is 5.02 Å². The summed E-state index contributed by atoms with van der Waals surface area (Å²) in [5.41, 5.74) is 0. The Morgan fingerprint density at radius 1 is 1.40 bits per heavy atom. The lowest BCUT2D eigenvalue weighted by Gasteiger charge is -2.30. The van der Waals surface area contributed by atoms with E-state index in [1.54, 1.807) is 0 Å². The molecule has 0 aliphatic carbocycles. The van der Waals surface area contributed by atoms with Crippen LogP contribution >= 0.6 is 11.6 Å². The summed E-state index contributed by atoms with van der Waals surface area (Å²) in [4.78, 5) is 12.1. The highest BCUT2D eigenvalue weighted by Crippen LogP contribution is 2.26. The van der Waals surface area contributed by atoms with Crippen molar-refractivity contribution in [1.82, 2.24) is 14.9 Å². The molecular formula is C16H23ClFN3O3S. The highest BCUT2D eigenvalue weighted by atomic mass is 35.5. The predicted molar refractivity (Wildman–Crippen MR) is 94.4 cm³/mol. The van der Waals surface area contributed by atoms with E-state index in [4.69, 9.17) is 11.6 Å². The van der Waals surface area contributed by atoms with Crippen molar-refractivity contribution >= 4 is 27.5 Å². The summed E-state index contributed by atoms with van der Waals surface area (Å²) >= 11 is 5.68. The molecule has 1 aromatic carbocycles. The molecule has 1 aromatic rings. The fourth-order valence-corrected chi connectivity index (χ4v) is 4.39. The molecule has 1 aliphatic rings. The zero-order valence-electron chi connectivity index (χ0n) is 14.3. The second-order valence-corrected chi connectivity index (χ2v) is 8.53. The summed E-state index contributed by atoms with van der Waals surface area (Å²) < 4.78 is 39.8. The zero-order valence-corrected chi connectivity index (χ0v) is 15.8. The SMILES string of the molecule is CNC(C)CNC(=O)C1CCN(S(=O)(=O)c2ccc(F)c(Cl)c2)CC1. The van der Waals surface area contributed by atoms with E-state index < -0.39 is 15.8 Å². The number of nitrogens with zero attached hydrogens (tertiary/aromatic N) is 1. The number of nitrogens with one attached hydrogen (secondary N) is 2. The van der Waals surface area contributed by atoms with Crippen LogP contribution in [0.1, 0.15) is 19.8 Å². The van der Waals surface area contributed by atoms with Crippen molar-refractivity contribution in [2.45, 2.75) is 30.7 Å². The summed E-state index contributed by atoms with van der Waals surface area (Å²) in [5, 5.41) is 5.68. The van der Waals surface area contributed by atoms with E-state index in [2.05, 4.69) is 10.6 Å². The molecule has 2 rings (SSSR count). The number of amides is 1. The second-order valence-electron chi connectivity index (χ2n) is 6.19. The smallest absolute Gasteiger partial charge is 0.243 e. The van der Waals surface area contributed by atoms with Crippen LogP contribution in [0.3, 0.4) is 0 Å². The van der Waals surface area contributed by atoms with Crippen LogP contribution in [-0.2, 0) is 14.8 Å². The average molecular weight is 392 g/mol. The van der Waals surface area contributed by atoms with Gasteiger partial charge >= 0.3 is 0 Å². The van der Waals surface area contributed by atoms with Crippen molar-refractivity contribution in [1.29, 1.82) is 0 Å². The van der Waals surface area contributed by atoms with E-state index >= 15 is 0 Å². The van der Waals surface area contributed by atoms with Gasteiger partial charge in [-0.1, -0.05) is 11.6 Å². The lowest BCUT2D eigenvalue weighted by molar-refractivity contribution is -0.126. The minimum atomic E-state index is -3.74. The molecule has 1 aliphatic heterocycles. The van der Waals surface area contributed by atoms with Crippen molar-refractivity contribution in [3.05, 3.63) is 29.0 Å². The number of benzene rings is 1. The summed E-state index contributed by atoms with van der Waals surface area (Å²) in [6.07, 6.45) is 0.905. The number of halogens is 2. The van der Waals surface area contributed by atoms with Crippen LogP contribution in [0.5, 0.6) is 0 Å². The van der Waals surface area contributed by atoms with Gasteiger partial charge in [0.15, 0.2) is 0 Å². The normalized spacial score (nSPS) is 18.1. The Bertz CT molecular complexity index is 721. The van der Waals surface area contributed by atoms with Crippen LogP contribution < -0.4 is 10.6 Å². The molecule has 0 spiro atoms. The van der Waals surface area contributed by atoms with Gasteiger partial charge in [0.2, 0.25) is 15.9 Å². The first kappa shape index (κ1) is 20.1. The summed E-state index contributed by atoms with van der Waals surface area (Å²) in [6, 6.07) is 3.53. The Morgan fingerprint density at radius 2 is 2.04 bits per heavy atom. The van der Waals surface area contributed by atoms with E-state index in [0.717, 1.165) is 12.1 Å². The van der Waals surface area contributed by atoms with Crippen LogP contribution in [-0.4, -0.2) is 51.4 Å². The molecular weight excluding hydrogens is 369 g/mol. The molecule has 1 unspecified atom stereocenters. The maximum Gasteiger partial charge on any atom is 0.243 e. The lowest BCUT2D eigenvalue weighted by Crippen LogP contribution is -2.45. The third-order valence-corrected chi connectivity index (χ3v) is 6.61. The van der Waals surface area contributed by atoms with Gasteiger partial charge in [0, 0.05) is 31.6 Å². The molecule has 1 fully saturated rings. The van der Waals surface area contributed by atoms with Gasteiger partial charge in [-0.15, -0.1) is 0 Å². The zero-order chi connectivity index (χ0) is 18.6. The first-order valence-electron chi connectivity index (χ1n) is 8.16. The average Bonchev–Trinajstić information content (AvgIpc) is 2.61. The summed E-state index contributed by atoms with van der Waals surface area (Å²) in [6.45, 7) is 2.99. The summed E-state index contributed by atoms with van der Waals surface area (Å²) in [5.74, 6) is -0.914. The number of likely N-dealkylation sites (N-methyl/N-ethyl adjacent to an activating group) is 1. The second kappa shape index (κ2) is 8.44. The molecule has 6 nitrogen and oxygen atoms in total. The van der Waals surface area contributed by atoms with Crippen molar-refractivity contribution in [3.8, 4) is 0 Å². The Morgan fingerprint density at radius 3 is 2.60 bits per heavy atom. The van der Waals surface area contributed by atoms with Crippen molar-refractivity contribution in [2.24, 2.45) is 5.92 Å². The first-order valence-corrected chi connectivity index (χ1v) is 9.97. The summed E-state index contributed by atoms with van der Waals surface area (Å²) in [7, 11) is -1.92. The van der Waals surface area contributed by atoms with Gasteiger partial charge in [0.1, 0.15) is 5.82 Å². The minimum Gasteiger partial charge on any atom is -0.354 e. The van der Waals surface area contributed by atoms with E-state index in [1.165, 1.54) is 10.4 Å². The van der Waals surface area contributed by atoms with Crippen molar-refractivity contribution < 1.29 is 17.6 Å². The third kappa shape index (κ3) is 4.91. The monoisotopic (exact) mass is 391 g/mol. The van der Waals surface area contributed by atoms with Gasteiger partial charge in [0.25, 0.3) is 0 Å². The Balaban J connectivity index is 1.96. The van der Waals surface area contributed by atoms with E-state index in [1.807, 2.05) is 14.0 Å². The molecule has 0 bridgehead atoms. The van der Waals surface area contributed by atoms with E-state index in [-0.39, 0.29) is 40.9 Å². The van der Waals surface area contributed by atoms with E-state index in [9.17, 15) is 17.6 Å². The molecule has 1 amide bonds. The fraction of sp³-hybridized carbons (Fsp3) is 0.562. The highest BCUT2D eigenvalue weighted by Gasteiger charge is 2.32. The Hall–Kier alpha value is -1.22. The van der Waals surface area contributed by atoms with Crippen LogP contribution in [0.15, 0.2) is 23.1 Å². The largest absolute Gasteiger partial charge is 0.354 e. The molecule has 2 N–H and O–H groups in total. The van der Waals surface area contributed by atoms with Gasteiger partial charge < -0.3 is 10.6 Å². The topological polar surface area (TPSA) is 78.5 Å². The molecule has 0 aromatic heterocycles. The molecule has 0 saturated carbocycles. The number of carbonyl (C=O) groups excluding carboxylic acids is 1. The molecule has 1 heterocycles. The highest BCUT2D eigenvalue weighted by molar-refractivity contribution is 7.89. The third-order valence-electron chi connectivity index (χ3n) is 4.43. The number of carbonyl (C=O) groups is 1. The van der Waals surface area contributed by atoms with Crippen molar-refractivity contribution in [2.75, 3.05) is 26.7 Å². The molecule has 0 radical (unpaired) electrons. The van der Waals surface area contributed by atoms with Gasteiger partial charge in [-0.2, -0.15) is 4.31 Å². The fourth-order valence-electron chi connectivity index (χ4n) is 2.64. The van der Waals surface area contributed by atoms with Crippen LogP contribution in [0.4, 0.5) is 4.39 Å². The number of rotatable bonds is 6. The number of hydrogen-bond donors (Lipinski definition) is 2. The maximum absolute atomic E-state index is 13.2. The van der Waals surface area contributed by atoms with Crippen molar-refractivity contribution in [3.63, 3.8) is 0 Å². The number of piperidine rings is 1. The molecule has 1 atom stereocenters. The number of sulfonamides is 1. The standard InChI is InChI=1S/C16H23ClFN3O3S/c1-11(19-2)10-20-16(22)12-5-7-21(8-6-12)25(23,24)13-3-4-15(18)14(17)9-13/h3-4,9,11-12,19H,5-8,10H2,1-2H3,(H,20,22). The maximum atomic E-state index is 13.2. The lowest BCUT2D eigenvalue weighted by atomic mass is 9.97. The quantitative estimate of drug-likeness (QED) is 0.772. The van der Waals surface area contributed by atoms with Gasteiger partial charge in [-0.05, 0) is 45.0 Å². The van der Waals surface area contributed by atoms with Gasteiger partial charge in [-0.25, -0.2) is 12.8 Å². The van der Waals surface area contributed by atoms with Crippen LogP contribution in [0, 0.1) is 11.7 Å². The van der Waals surface area contributed by atoms with Gasteiger partial charge in [0.05, 0.1) is 9.92 Å². The predicted octanol–water partition coefficient (Wildman–Crippen LogP) is 1.60. The Kier molecular flexibility index (Phi) is 6.79. The molecule has 9 heteroatoms. The Labute approximate surface area is 152 Å². The van der Waals surface area contributed by atoms with Crippen LogP contribution in [0.25, 0.3) is 0 Å². The van der Waals surface area contributed by atoms with Gasteiger partial charge in [-0.3, -0.25) is 4.79 Å².